The van der Waals surface area contributed by atoms with E-state index in [1.54, 1.807) is 0 Å². The second-order valence-corrected chi connectivity index (χ2v) is 10.2. The summed E-state index contributed by atoms with van der Waals surface area (Å²) < 4.78 is 67.1. The number of amides is 3. The number of hydrogen-bond donors (Lipinski definition) is 1. The number of aliphatic imine (C=N–C) groups is 1. The Balaban J connectivity index is 1.30. The number of anilines is 2. The van der Waals surface area contributed by atoms with E-state index in [1.807, 2.05) is 32.0 Å². The predicted octanol–water partition coefficient (Wildman–Crippen LogP) is 6.95. The third kappa shape index (κ3) is 7.23. The molecule has 10 nitrogen and oxygen atoms in total. The monoisotopic (exact) mass is 629 g/mol. The number of ether oxygens (including phenoxy) is 2. The van der Waals surface area contributed by atoms with E-state index in [1.165, 1.54) is 29.2 Å². The highest BCUT2D eigenvalue weighted by Gasteiger charge is 2.33. The Bertz CT molecular complexity index is 1730. The zero-order valence-electron chi connectivity index (χ0n) is 23.1. The second kappa shape index (κ2) is 12.9. The van der Waals surface area contributed by atoms with Gasteiger partial charge in [0.15, 0.2) is 5.17 Å². The molecule has 228 valence electrons. The maximum absolute atomic E-state index is 15.0. The molecule has 1 aliphatic heterocycles. The SMILES string of the molecule is CCOCc1ccc(C)cc1N1C(=O)CS/C1=N\C(=O)Nc1ccc(-c2nnc(-c3ccc(OC(F)(F)F)cc3)o2)cc1F. The minimum atomic E-state index is -4.83. The van der Waals surface area contributed by atoms with Crippen molar-refractivity contribution in [1.82, 2.24) is 10.2 Å². The smallest absolute Gasteiger partial charge is 0.416 e. The molecule has 2 heterocycles. The third-order valence-corrected chi connectivity index (χ3v) is 7.05. The van der Waals surface area contributed by atoms with Gasteiger partial charge in [-0.05, 0) is 67.9 Å². The van der Waals surface area contributed by atoms with Crippen LogP contribution in [0.25, 0.3) is 22.9 Å². The van der Waals surface area contributed by atoms with Crippen LogP contribution >= 0.6 is 11.8 Å². The van der Waals surface area contributed by atoms with Gasteiger partial charge in [0.2, 0.25) is 17.7 Å². The number of halogens is 4. The first-order valence-electron chi connectivity index (χ1n) is 13.0. The first kappa shape index (κ1) is 30.7. The molecule has 1 aromatic heterocycles. The molecule has 3 amide bonds. The van der Waals surface area contributed by atoms with E-state index in [2.05, 4.69) is 25.2 Å². The lowest BCUT2D eigenvalue weighted by Gasteiger charge is -2.20. The number of urea groups is 1. The highest BCUT2D eigenvalue weighted by Crippen LogP contribution is 2.32. The van der Waals surface area contributed by atoms with Gasteiger partial charge >= 0.3 is 12.4 Å². The van der Waals surface area contributed by atoms with E-state index >= 15 is 0 Å². The number of benzene rings is 3. The molecule has 0 saturated carbocycles. The molecule has 4 aromatic rings. The molecule has 3 aromatic carbocycles. The van der Waals surface area contributed by atoms with Crippen molar-refractivity contribution in [2.75, 3.05) is 22.6 Å². The lowest BCUT2D eigenvalue weighted by Crippen LogP contribution is -2.31. The summed E-state index contributed by atoms with van der Waals surface area (Å²) in [6, 6.07) is 13.2. The Hall–Kier alpha value is -4.76. The number of thioether (sulfide) groups is 1. The third-order valence-electron chi connectivity index (χ3n) is 6.12. The fourth-order valence-electron chi connectivity index (χ4n) is 4.13. The van der Waals surface area contributed by atoms with Crippen molar-refractivity contribution in [3.63, 3.8) is 0 Å². The molecule has 0 spiro atoms. The molecule has 15 heteroatoms. The van der Waals surface area contributed by atoms with Gasteiger partial charge in [-0.15, -0.1) is 23.4 Å². The van der Waals surface area contributed by atoms with Crippen molar-refractivity contribution in [2.45, 2.75) is 26.8 Å². The molecule has 0 bridgehead atoms. The van der Waals surface area contributed by atoms with Gasteiger partial charge in [-0.25, -0.2) is 9.18 Å². The molecule has 1 fully saturated rings. The van der Waals surface area contributed by atoms with E-state index in [9.17, 15) is 27.2 Å². The number of rotatable bonds is 8. The fourth-order valence-corrected chi connectivity index (χ4v) is 4.99. The molecule has 0 aliphatic carbocycles. The quantitative estimate of drug-likeness (QED) is 0.208. The Morgan fingerprint density at radius 3 is 2.45 bits per heavy atom. The molecule has 1 N–H and O–H groups in total. The zero-order valence-corrected chi connectivity index (χ0v) is 24.0. The Morgan fingerprint density at radius 2 is 1.77 bits per heavy atom. The van der Waals surface area contributed by atoms with Crippen molar-refractivity contribution >= 4 is 40.2 Å². The van der Waals surface area contributed by atoms with Crippen LogP contribution in [0.15, 0.2) is 70.1 Å². The van der Waals surface area contributed by atoms with Crippen LogP contribution in [0.3, 0.4) is 0 Å². The van der Waals surface area contributed by atoms with Crippen molar-refractivity contribution in [1.29, 1.82) is 0 Å². The van der Waals surface area contributed by atoms with Crippen molar-refractivity contribution in [3.8, 4) is 28.7 Å². The van der Waals surface area contributed by atoms with E-state index < -0.39 is 24.0 Å². The standard InChI is InChI=1S/C29H23F4N5O5S/c1-3-41-14-19-5-4-16(2)12-23(19)38-24(39)15-44-28(38)35-27(40)34-22-11-8-18(13-21(22)30)26-37-36-25(42-26)17-6-9-20(10-7-17)43-29(31,32)33/h4-13H,3,14-15H2,1-2H3,(H,34,40)/b35-28-. The Labute approximate surface area is 252 Å². The fraction of sp³-hybridized carbons (Fsp3) is 0.207. The Kier molecular flexibility index (Phi) is 8.96. The zero-order chi connectivity index (χ0) is 31.4. The van der Waals surface area contributed by atoms with Gasteiger partial charge in [0.25, 0.3) is 0 Å². The van der Waals surface area contributed by atoms with Crippen LogP contribution < -0.4 is 15.0 Å². The topological polar surface area (TPSA) is 119 Å². The normalized spacial score (nSPS) is 14.4. The predicted molar refractivity (Wildman–Crippen MR) is 155 cm³/mol. The van der Waals surface area contributed by atoms with E-state index in [-0.39, 0.29) is 46.5 Å². The van der Waals surface area contributed by atoms with Crippen LogP contribution in [-0.4, -0.2) is 46.0 Å². The summed E-state index contributed by atoms with van der Waals surface area (Å²) in [5, 5.41) is 10.2. The molecule has 0 atom stereocenters. The number of nitrogens with zero attached hydrogens (tertiary/aromatic N) is 4. The molecule has 44 heavy (non-hydrogen) atoms. The van der Waals surface area contributed by atoms with Crippen LogP contribution in [0.4, 0.5) is 33.7 Å². The second-order valence-electron chi connectivity index (χ2n) is 9.29. The molecule has 1 aliphatic rings. The molecular formula is C29H23F4N5O5S. The van der Waals surface area contributed by atoms with E-state index in [4.69, 9.17) is 9.15 Å². The number of carbonyl (C=O) groups is 2. The number of aromatic nitrogens is 2. The van der Waals surface area contributed by atoms with Crippen LogP contribution in [0.1, 0.15) is 18.1 Å². The van der Waals surface area contributed by atoms with Gasteiger partial charge in [-0.3, -0.25) is 9.69 Å². The summed E-state index contributed by atoms with van der Waals surface area (Å²) in [6.07, 6.45) is -4.83. The van der Waals surface area contributed by atoms with Crippen LogP contribution in [-0.2, 0) is 16.1 Å². The minimum absolute atomic E-state index is 0.0154. The molecule has 0 unspecified atom stereocenters. The van der Waals surface area contributed by atoms with Crippen molar-refractivity contribution in [2.24, 2.45) is 4.99 Å². The van der Waals surface area contributed by atoms with Gasteiger partial charge in [0.05, 0.1) is 23.7 Å². The van der Waals surface area contributed by atoms with Crippen LogP contribution in [0.2, 0.25) is 0 Å². The number of amidine groups is 1. The van der Waals surface area contributed by atoms with Crippen molar-refractivity contribution < 1.29 is 41.0 Å². The van der Waals surface area contributed by atoms with Gasteiger partial charge in [-0.2, -0.15) is 4.99 Å². The van der Waals surface area contributed by atoms with E-state index in [0.29, 0.717) is 17.9 Å². The minimum Gasteiger partial charge on any atom is -0.416 e. The average molecular weight is 630 g/mol. The lowest BCUT2D eigenvalue weighted by atomic mass is 10.1. The summed E-state index contributed by atoms with van der Waals surface area (Å²) in [7, 11) is 0. The highest BCUT2D eigenvalue weighted by molar-refractivity contribution is 8.15. The number of aryl methyl sites for hydroxylation is 1. The van der Waals surface area contributed by atoms with Crippen LogP contribution in [0.5, 0.6) is 5.75 Å². The lowest BCUT2D eigenvalue weighted by molar-refractivity contribution is -0.274. The number of carbonyl (C=O) groups excluding carboxylic acids is 2. The maximum Gasteiger partial charge on any atom is 0.573 e. The van der Waals surface area contributed by atoms with E-state index in [0.717, 1.165) is 41.1 Å². The number of nitrogens with one attached hydrogen (secondary N) is 1. The molecule has 5 rings (SSSR count). The molecule has 1 saturated heterocycles. The van der Waals surface area contributed by atoms with Gasteiger partial charge < -0.3 is 19.2 Å². The highest BCUT2D eigenvalue weighted by atomic mass is 32.2. The number of hydrogen-bond acceptors (Lipinski definition) is 8. The average Bonchev–Trinajstić information content (AvgIpc) is 3.60. The largest absolute Gasteiger partial charge is 0.573 e. The summed E-state index contributed by atoms with van der Waals surface area (Å²) in [6.45, 7) is 4.48. The maximum atomic E-state index is 15.0. The summed E-state index contributed by atoms with van der Waals surface area (Å²) >= 11 is 1.08. The van der Waals surface area contributed by atoms with Gasteiger partial charge in [0, 0.05) is 23.3 Å². The first-order valence-corrected chi connectivity index (χ1v) is 14.0. The molecule has 0 radical (unpaired) electrons. The van der Waals surface area contributed by atoms with Crippen molar-refractivity contribution in [3.05, 3.63) is 77.6 Å². The summed E-state index contributed by atoms with van der Waals surface area (Å²) in [5.74, 6) is -1.50. The van der Waals surface area contributed by atoms with Crippen LogP contribution in [0, 0.1) is 12.7 Å². The summed E-state index contributed by atoms with van der Waals surface area (Å²) in [4.78, 5) is 30.9. The molecular weight excluding hydrogens is 606 g/mol. The van der Waals surface area contributed by atoms with Gasteiger partial charge in [0.1, 0.15) is 11.6 Å². The first-order chi connectivity index (χ1) is 21.0. The number of alkyl halides is 3. The van der Waals surface area contributed by atoms with Gasteiger partial charge in [-0.1, -0.05) is 23.9 Å². The summed E-state index contributed by atoms with van der Waals surface area (Å²) in [5.41, 5.74) is 2.52. The Morgan fingerprint density at radius 1 is 1.07 bits per heavy atom.